The van der Waals surface area contributed by atoms with E-state index in [0.29, 0.717) is 6.61 Å². The van der Waals surface area contributed by atoms with E-state index in [1.165, 1.54) is 0 Å². The molecule has 0 amide bonds. The average molecular weight is 252 g/mol. The minimum absolute atomic E-state index is 0.0600. The average Bonchev–Trinajstić information content (AvgIpc) is 2.80. The van der Waals surface area contributed by atoms with Crippen LogP contribution >= 0.6 is 0 Å². The Hall–Kier alpha value is -1.29. The van der Waals surface area contributed by atoms with Gasteiger partial charge in [0.05, 0.1) is 12.2 Å². The maximum atomic E-state index is 11.4. The first-order valence-electron chi connectivity index (χ1n) is 6.28. The second-order valence-corrected chi connectivity index (χ2v) is 5.63. The minimum Gasteiger partial charge on any atom is -0.467 e. The first-order chi connectivity index (χ1) is 8.43. The van der Waals surface area contributed by atoms with Gasteiger partial charge in [-0.15, -0.1) is 0 Å². The van der Waals surface area contributed by atoms with Crippen LogP contribution in [0.5, 0.6) is 0 Å². The molecule has 0 aliphatic carbocycles. The molecule has 0 saturated carbocycles. The fraction of sp³-hybridized carbons (Fsp3) is 0.643. The van der Waals surface area contributed by atoms with Crippen molar-refractivity contribution >= 4 is 5.97 Å². The van der Waals surface area contributed by atoms with Gasteiger partial charge in [-0.2, -0.15) is 0 Å². The molecule has 100 valence electrons. The van der Waals surface area contributed by atoms with E-state index in [2.05, 4.69) is 13.8 Å². The van der Waals surface area contributed by atoms with Crippen LogP contribution in [0.1, 0.15) is 39.6 Å². The van der Waals surface area contributed by atoms with Gasteiger partial charge in [0.1, 0.15) is 24.6 Å². The van der Waals surface area contributed by atoms with Gasteiger partial charge in [-0.05, 0) is 12.1 Å². The second-order valence-electron chi connectivity index (χ2n) is 5.63. The van der Waals surface area contributed by atoms with Crippen molar-refractivity contribution < 1.29 is 18.7 Å². The van der Waals surface area contributed by atoms with Crippen LogP contribution in [0.4, 0.5) is 0 Å². The van der Waals surface area contributed by atoms with Crippen molar-refractivity contribution in [2.24, 2.45) is 11.3 Å². The molecule has 2 atom stereocenters. The molecule has 0 bridgehead atoms. The molecule has 18 heavy (non-hydrogen) atoms. The summed E-state index contributed by atoms with van der Waals surface area (Å²) in [5.41, 5.74) is -0.0882. The van der Waals surface area contributed by atoms with Crippen LogP contribution in [0.3, 0.4) is 0 Å². The second kappa shape index (κ2) is 4.76. The van der Waals surface area contributed by atoms with E-state index in [1.54, 1.807) is 6.26 Å². The van der Waals surface area contributed by atoms with Crippen molar-refractivity contribution in [3.05, 3.63) is 24.2 Å². The number of ether oxygens (including phenoxy) is 2. The van der Waals surface area contributed by atoms with E-state index < -0.39 is 0 Å². The highest BCUT2D eigenvalue weighted by Crippen LogP contribution is 2.51. The van der Waals surface area contributed by atoms with Crippen LogP contribution in [0.25, 0.3) is 0 Å². The van der Waals surface area contributed by atoms with Crippen molar-refractivity contribution in [1.82, 2.24) is 0 Å². The molecule has 2 heterocycles. The summed E-state index contributed by atoms with van der Waals surface area (Å²) in [4.78, 5) is 11.4. The molecule has 2 rings (SSSR count). The molecule has 0 spiro atoms. The van der Waals surface area contributed by atoms with E-state index in [-0.39, 0.29) is 29.5 Å². The fourth-order valence-corrected chi connectivity index (χ4v) is 2.06. The zero-order valence-electron chi connectivity index (χ0n) is 11.3. The smallest absolute Gasteiger partial charge is 0.308 e. The number of furan rings is 1. The molecule has 2 unspecified atom stereocenters. The van der Waals surface area contributed by atoms with E-state index in [1.807, 2.05) is 26.0 Å². The van der Waals surface area contributed by atoms with E-state index >= 15 is 0 Å². The first kappa shape index (κ1) is 13.1. The highest BCUT2D eigenvalue weighted by atomic mass is 16.6. The van der Waals surface area contributed by atoms with Gasteiger partial charge in [-0.1, -0.05) is 27.7 Å². The summed E-state index contributed by atoms with van der Waals surface area (Å²) in [5.74, 6) is 0.538. The lowest BCUT2D eigenvalue weighted by Crippen LogP contribution is -2.52. The van der Waals surface area contributed by atoms with Crippen molar-refractivity contribution in [2.75, 3.05) is 6.61 Å². The molecule has 1 aromatic rings. The van der Waals surface area contributed by atoms with Gasteiger partial charge in [0, 0.05) is 5.41 Å². The normalized spacial score (nSPS) is 25.8. The van der Waals surface area contributed by atoms with Crippen molar-refractivity contribution in [2.45, 2.75) is 39.9 Å². The quantitative estimate of drug-likeness (QED) is 0.773. The van der Waals surface area contributed by atoms with Crippen LogP contribution in [0.15, 0.2) is 22.8 Å². The lowest BCUT2D eigenvalue weighted by atomic mass is 9.74. The molecule has 1 aromatic heterocycles. The molecule has 0 radical (unpaired) electrons. The number of hydrogen-bond acceptors (Lipinski definition) is 4. The third kappa shape index (κ3) is 2.29. The lowest BCUT2D eigenvalue weighted by Gasteiger charge is -2.50. The predicted molar refractivity (Wildman–Crippen MR) is 65.9 cm³/mol. The monoisotopic (exact) mass is 252 g/mol. The molecule has 1 aliphatic rings. The van der Waals surface area contributed by atoms with Crippen molar-refractivity contribution in [3.63, 3.8) is 0 Å². The maximum Gasteiger partial charge on any atom is 0.308 e. The zero-order valence-corrected chi connectivity index (χ0v) is 11.3. The molecule has 0 N–H and O–H groups in total. The molecule has 0 aromatic carbocycles. The Morgan fingerprint density at radius 3 is 2.72 bits per heavy atom. The number of carbonyl (C=O) groups excluding carboxylic acids is 1. The zero-order chi connectivity index (χ0) is 13.3. The molecule has 4 heteroatoms. The molecule has 1 aliphatic heterocycles. The Morgan fingerprint density at radius 1 is 1.50 bits per heavy atom. The Bertz CT molecular complexity index is 405. The summed E-state index contributed by atoms with van der Waals surface area (Å²) in [6, 6.07) is 3.75. The van der Waals surface area contributed by atoms with Gasteiger partial charge in [0.15, 0.2) is 0 Å². The van der Waals surface area contributed by atoms with Crippen LogP contribution in [0.2, 0.25) is 0 Å². The Labute approximate surface area is 107 Å². The van der Waals surface area contributed by atoms with Crippen molar-refractivity contribution in [3.8, 4) is 0 Å². The largest absolute Gasteiger partial charge is 0.467 e. The summed E-state index contributed by atoms with van der Waals surface area (Å²) in [5, 5.41) is 0. The SMILES string of the molecule is CC(C)C(=O)OCC1OC(c2ccco2)C1(C)C. The highest BCUT2D eigenvalue weighted by molar-refractivity contribution is 5.71. The lowest BCUT2D eigenvalue weighted by molar-refractivity contribution is -0.259. The highest BCUT2D eigenvalue weighted by Gasteiger charge is 2.52. The van der Waals surface area contributed by atoms with Gasteiger partial charge in [0.25, 0.3) is 0 Å². The predicted octanol–water partition coefficient (Wildman–Crippen LogP) is 2.94. The fourth-order valence-electron chi connectivity index (χ4n) is 2.06. The minimum atomic E-state index is -0.184. The van der Waals surface area contributed by atoms with Gasteiger partial charge < -0.3 is 13.9 Å². The number of rotatable bonds is 4. The molecular formula is C14H20O4. The maximum absolute atomic E-state index is 11.4. The number of esters is 1. The number of carbonyl (C=O) groups is 1. The number of hydrogen-bond donors (Lipinski definition) is 0. The van der Waals surface area contributed by atoms with Gasteiger partial charge in [-0.25, -0.2) is 0 Å². The summed E-state index contributed by atoms with van der Waals surface area (Å²) in [6.07, 6.45) is 1.51. The Kier molecular flexibility index (Phi) is 3.48. The third-order valence-corrected chi connectivity index (χ3v) is 3.46. The third-order valence-electron chi connectivity index (χ3n) is 3.46. The molecule has 1 fully saturated rings. The van der Waals surface area contributed by atoms with E-state index in [4.69, 9.17) is 13.9 Å². The summed E-state index contributed by atoms with van der Waals surface area (Å²) >= 11 is 0. The van der Waals surface area contributed by atoms with Crippen LogP contribution in [-0.4, -0.2) is 18.7 Å². The topological polar surface area (TPSA) is 48.7 Å². The van der Waals surface area contributed by atoms with Crippen molar-refractivity contribution in [1.29, 1.82) is 0 Å². The van der Waals surface area contributed by atoms with Gasteiger partial charge in [0.2, 0.25) is 0 Å². The van der Waals surface area contributed by atoms with Gasteiger partial charge >= 0.3 is 5.97 Å². The van der Waals surface area contributed by atoms with E-state index in [0.717, 1.165) is 5.76 Å². The summed E-state index contributed by atoms with van der Waals surface area (Å²) in [7, 11) is 0. The van der Waals surface area contributed by atoms with Crippen LogP contribution in [0, 0.1) is 11.3 Å². The molecule has 1 saturated heterocycles. The molecule has 4 nitrogen and oxygen atoms in total. The van der Waals surface area contributed by atoms with E-state index in [9.17, 15) is 4.79 Å². The Balaban J connectivity index is 1.89. The van der Waals surface area contributed by atoms with Crippen LogP contribution in [-0.2, 0) is 14.3 Å². The summed E-state index contributed by atoms with van der Waals surface area (Å²) in [6.45, 7) is 8.14. The molecular weight excluding hydrogens is 232 g/mol. The van der Waals surface area contributed by atoms with Gasteiger partial charge in [-0.3, -0.25) is 4.79 Å². The van der Waals surface area contributed by atoms with Crippen LogP contribution < -0.4 is 0 Å². The standard InChI is InChI=1S/C14H20O4/c1-9(2)13(15)17-8-11-14(3,4)12(18-11)10-6-5-7-16-10/h5-7,9,11-12H,8H2,1-4H3. The first-order valence-corrected chi connectivity index (χ1v) is 6.28. The summed E-state index contributed by atoms with van der Waals surface area (Å²) < 4.78 is 16.3. The Morgan fingerprint density at radius 2 is 2.22 bits per heavy atom.